The fraction of sp³-hybridized carbons (Fsp3) is 0.143. The summed E-state index contributed by atoms with van der Waals surface area (Å²) in [5, 5.41) is 3.53. The van der Waals surface area contributed by atoms with Gasteiger partial charge < -0.3 is 5.32 Å². The van der Waals surface area contributed by atoms with Gasteiger partial charge in [0, 0.05) is 11.1 Å². The maximum atomic E-state index is 13.5. The predicted octanol–water partition coefficient (Wildman–Crippen LogP) is 4.79. The smallest absolute Gasteiger partial charge is 0.146 e. The van der Waals surface area contributed by atoms with Gasteiger partial charge in [0.15, 0.2) is 0 Å². The van der Waals surface area contributed by atoms with Gasteiger partial charge in [-0.3, -0.25) is 0 Å². The number of anilines is 1. The largest absolute Gasteiger partial charge is 0.376 e. The molecule has 1 N–H and O–H groups in total. The Bertz CT molecular complexity index is 557. The summed E-state index contributed by atoms with van der Waals surface area (Å²) in [7, 11) is 0. The molecule has 1 atom stereocenters. The van der Waals surface area contributed by atoms with Crippen LogP contribution in [0.3, 0.4) is 0 Å². The first kappa shape index (κ1) is 12.8. The van der Waals surface area contributed by atoms with Crippen LogP contribution in [-0.4, -0.2) is 0 Å². The van der Waals surface area contributed by atoms with Crippen LogP contribution in [0.5, 0.6) is 0 Å². The van der Waals surface area contributed by atoms with Crippen LogP contribution in [0.1, 0.15) is 18.5 Å². The van der Waals surface area contributed by atoms with Crippen molar-refractivity contribution in [2.45, 2.75) is 13.0 Å². The van der Waals surface area contributed by atoms with Crippen molar-refractivity contribution in [3.8, 4) is 0 Å². The van der Waals surface area contributed by atoms with Gasteiger partial charge in [0.1, 0.15) is 11.6 Å². The molecule has 0 bridgehead atoms. The van der Waals surface area contributed by atoms with E-state index in [1.165, 1.54) is 0 Å². The van der Waals surface area contributed by atoms with Crippen molar-refractivity contribution < 1.29 is 8.78 Å². The molecule has 0 heterocycles. The summed E-state index contributed by atoms with van der Waals surface area (Å²) < 4.78 is 26.5. The first-order valence-corrected chi connectivity index (χ1v) is 5.91. The minimum Gasteiger partial charge on any atom is -0.376 e. The molecule has 0 aliphatic heterocycles. The van der Waals surface area contributed by atoms with Crippen molar-refractivity contribution in [1.29, 1.82) is 0 Å². The van der Waals surface area contributed by atoms with E-state index in [1.54, 1.807) is 12.1 Å². The summed E-state index contributed by atoms with van der Waals surface area (Å²) >= 11 is 5.89. The van der Waals surface area contributed by atoms with E-state index >= 15 is 0 Å². The number of rotatable bonds is 3. The monoisotopic (exact) mass is 267 g/mol. The van der Waals surface area contributed by atoms with E-state index in [4.69, 9.17) is 11.6 Å². The zero-order valence-corrected chi connectivity index (χ0v) is 10.5. The Morgan fingerprint density at radius 2 is 1.89 bits per heavy atom. The molecular formula is C14H12ClF2N. The van der Waals surface area contributed by atoms with Crippen molar-refractivity contribution in [1.82, 2.24) is 0 Å². The molecule has 0 radical (unpaired) electrons. The predicted molar refractivity (Wildman–Crippen MR) is 69.8 cm³/mol. The molecule has 0 saturated heterocycles. The third-order valence-electron chi connectivity index (χ3n) is 2.65. The zero-order chi connectivity index (χ0) is 13.1. The van der Waals surface area contributed by atoms with E-state index < -0.39 is 11.6 Å². The Morgan fingerprint density at radius 1 is 1.11 bits per heavy atom. The number of hydrogen-bond acceptors (Lipinski definition) is 1. The third-order valence-corrected chi connectivity index (χ3v) is 2.88. The fourth-order valence-corrected chi connectivity index (χ4v) is 1.90. The van der Waals surface area contributed by atoms with Gasteiger partial charge in [-0.05, 0) is 42.8 Å². The van der Waals surface area contributed by atoms with Gasteiger partial charge in [0.25, 0.3) is 0 Å². The summed E-state index contributed by atoms with van der Waals surface area (Å²) in [6.07, 6.45) is 0. The molecule has 0 aliphatic carbocycles. The molecule has 2 rings (SSSR count). The molecule has 0 aromatic heterocycles. The van der Waals surface area contributed by atoms with Crippen molar-refractivity contribution in [2.75, 3.05) is 5.32 Å². The second kappa shape index (κ2) is 5.36. The molecule has 1 nitrogen and oxygen atoms in total. The highest BCUT2D eigenvalue weighted by Gasteiger charge is 2.09. The van der Waals surface area contributed by atoms with E-state index in [0.29, 0.717) is 5.02 Å². The van der Waals surface area contributed by atoms with Gasteiger partial charge in [-0.15, -0.1) is 0 Å². The van der Waals surface area contributed by atoms with Crippen molar-refractivity contribution >= 4 is 17.3 Å². The molecule has 4 heteroatoms. The van der Waals surface area contributed by atoms with Gasteiger partial charge in [0.05, 0.1) is 5.69 Å². The normalized spacial score (nSPS) is 12.2. The molecule has 1 unspecified atom stereocenters. The zero-order valence-electron chi connectivity index (χ0n) is 9.75. The lowest BCUT2D eigenvalue weighted by Crippen LogP contribution is -2.08. The topological polar surface area (TPSA) is 12.0 Å². The first-order valence-electron chi connectivity index (χ1n) is 5.53. The average Bonchev–Trinajstić information content (AvgIpc) is 2.34. The standard InChI is InChI=1S/C14H12ClF2N/c1-9(10-3-2-4-11(15)7-10)18-14-8-12(16)5-6-13(14)17/h2-9,18H,1H3. The quantitative estimate of drug-likeness (QED) is 0.843. The highest BCUT2D eigenvalue weighted by Crippen LogP contribution is 2.24. The van der Waals surface area contributed by atoms with E-state index in [0.717, 1.165) is 23.8 Å². The van der Waals surface area contributed by atoms with Gasteiger partial charge in [-0.1, -0.05) is 23.7 Å². The molecule has 0 spiro atoms. The lowest BCUT2D eigenvalue weighted by Gasteiger charge is -2.16. The molecule has 0 saturated carbocycles. The second-order valence-electron chi connectivity index (χ2n) is 4.05. The highest BCUT2D eigenvalue weighted by atomic mass is 35.5. The Kier molecular flexibility index (Phi) is 3.82. The maximum absolute atomic E-state index is 13.5. The van der Waals surface area contributed by atoms with Crippen LogP contribution in [0.4, 0.5) is 14.5 Å². The fourth-order valence-electron chi connectivity index (χ4n) is 1.70. The number of halogens is 3. The van der Waals surface area contributed by atoms with Gasteiger partial charge in [-0.25, -0.2) is 8.78 Å². The average molecular weight is 268 g/mol. The third kappa shape index (κ3) is 2.99. The van der Waals surface area contributed by atoms with Crippen molar-refractivity contribution in [3.05, 3.63) is 64.7 Å². The number of benzene rings is 2. The molecule has 18 heavy (non-hydrogen) atoms. The minimum atomic E-state index is -0.481. The Balaban J connectivity index is 2.21. The minimum absolute atomic E-state index is 0.141. The lowest BCUT2D eigenvalue weighted by molar-refractivity contribution is 0.600. The second-order valence-corrected chi connectivity index (χ2v) is 4.48. The van der Waals surface area contributed by atoms with E-state index in [-0.39, 0.29) is 11.7 Å². The summed E-state index contributed by atoms with van der Waals surface area (Å²) in [5.41, 5.74) is 1.05. The van der Waals surface area contributed by atoms with Crippen LogP contribution in [0, 0.1) is 11.6 Å². The summed E-state index contributed by atoms with van der Waals surface area (Å²) in [4.78, 5) is 0. The van der Waals surface area contributed by atoms with Gasteiger partial charge in [-0.2, -0.15) is 0 Å². The molecule has 0 fully saturated rings. The van der Waals surface area contributed by atoms with Crippen LogP contribution >= 0.6 is 11.6 Å². The lowest BCUT2D eigenvalue weighted by atomic mass is 10.1. The molecule has 94 valence electrons. The number of nitrogens with one attached hydrogen (secondary N) is 1. The van der Waals surface area contributed by atoms with Crippen LogP contribution in [-0.2, 0) is 0 Å². The maximum Gasteiger partial charge on any atom is 0.146 e. The molecule has 0 amide bonds. The van der Waals surface area contributed by atoms with Gasteiger partial charge >= 0.3 is 0 Å². The Morgan fingerprint density at radius 3 is 2.61 bits per heavy atom. The van der Waals surface area contributed by atoms with E-state index in [2.05, 4.69) is 5.32 Å². The van der Waals surface area contributed by atoms with Crippen LogP contribution in [0.15, 0.2) is 42.5 Å². The van der Waals surface area contributed by atoms with E-state index in [1.807, 2.05) is 19.1 Å². The molecule has 2 aromatic carbocycles. The van der Waals surface area contributed by atoms with Crippen LogP contribution in [0.2, 0.25) is 5.02 Å². The van der Waals surface area contributed by atoms with Gasteiger partial charge in [0.2, 0.25) is 0 Å². The molecule has 2 aromatic rings. The Hall–Kier alpha value is -1.61. The highest BCUT2D eigenvalue weighted by molar-refractivity contribution is 6.30. The summed E-state index contributed by atoms with van der Waals surface area (Å²) in [6, 6.07) is 10.4. The van der Waals surface area contributed by atoms with Crippen LogP contribution in [0.25, 0.3) is 0 Å². The summed E-state index contributed by atoms with van der Waals surface area (Å²) in [5.74, 6) is -0.956. The Labute approximate surface area is 109 Å². The summed E-state index contributed by atoms with van der Waals surface area (Å²) in [6.45, 7) is 1.86. The van der Waals surface area contributed by atoms with Crippen molar-refractivity contribution in [3.63, 3.8) is 0 Å². The molecule has 0 aliphatic rings. The van der Waals surface area contributed by atoms with Crippen LogP contribution < -0.4 is 5.32 Å². The van der Waals surface area contributed by atoms with E-state index in [9.17, 15) is 8.78 Å². The van der Waals surface area contributed by atoms with Crippen molar-refractivity contribution in [2.24, 2.45) is 0 Å². The SMILES string of the molecule is CC(Nc1cc(F)ccc1F)c1cccc(Cl)c1. The number of hydrogen-bond donors (Lipinski definition) is 1. The molecular weight excluding hydrogens is 256 g/mol. The first-order chi connectivity index (χ1) is 8.56.